The molecule has 0 bridgehead atoms. The average molecular weight is 728 g/mol. The lowest BCUT2D eigenvalue weighted by Crippen LogP contribution is -2.29. The first-order chi connectivity index (χ1) is 24.3. The Bertz CT molecular complexity index is 923. The van der Waals surface area contributed by atoms with E-state index in [4.69, 9.17) is 24.3 Å². The van der Waals surface area contributed by atoms with Crippen LogP contribution < -0.4 is 5.73 Å². The van der Waals surface area contributed by atoms with Crippen LogP contribution in [0, 0.1) is 0 Å². The molecule has 3 N–H and O–H groups in total. The summed E-state index contributed by atoms with van der Waals surface area (Å²) in [4.78, 5) is 34.7. The number of esters is 2. The molecule has 0 aromatic rings. The van der Waals surface area contributed by atoms with E-state index in [1.54, 1.807) is 0 Å². The van der Waals surface area contributed by atoms with Crippen LogP contribution >= 0.6 is 7.82 Å². The topological polar surface area (TPSA) is 134 Å². The number of phosphoric ester groups is 1. The second-order valence-corrected chi connectivity index (χ2v) is 14.6. The molecule has 50 heavy (non-hydrogen) atoms. The van der Waals surface area contributed by atoms with E-state index in [1.165, 1.54) is 57.8 Å². The molecule has 0 aromatic heterocycles. The first kappa shape index (κ1) is 48.2. The van der Waals surface area contributed by atoms with E-state index in [9.17, 15) is 19.0 Å². The molecule has 0 saturated heterocycles. The molecule has 1 unspecified atom stereocenters. The van der Waals surface area contributed by atoms with Gasteiger partial charge in [0.25, 0.3) is 0 Å². The van der Waals surface area contributed by atoms with Gasteiger partial charge in [-0.05, 0) is 64.2 Å². The van der Waals surface area contributed by atoms with Crippen LogP contribution in [0.1, 0.15) is 174 Å². The zero-order valence-electron chi connectivity index (χ0n) is 31.9. The van der Waals surface area contributed by atoms with Crippen molar-refractivity contribution >= 4 is 19.8 Å². The number of phosphoric acid groups is 1. The summed E-state index contributed by atoms with van der Waals surface area (Å²) in [5.41, 5.74) is 5.33. The number of hydrogen-bond donors (Lipinski definition) is 2. The molecule has 0 aliphatic heterocycles. The van der Waals surface area contributed by atoms with Crippen molar-refractivity contribution in [1.29, 1.82) is 0 Å². The lowest BCUT2D eigenvalue weighted by atomic mass is 10.1. The molecule has 0 aliphatic carbocycles. The summed E-state index contributed by atoms with van der Waals surface area (Å²) in [5.74, 6) is -0.856. The minimum Gasteiger partial charge on any atom is -0.462 e. The predicted octanol–water partition coefficient (Wildman–Crippen LogP) is 11.0. The zero-order valence-corrected chi connectivity index (χ0v) is 32.8. The molecule has 0 saturated carbocycles. The number of unbranched alkanes of at least 4 members (excludes halogenated alkanes) is 18. The maximum Gasteiger partial charge on any atom is 0.472 e. The van der Waals surface area contributed by atoms with E-state index in [1.807, 2.05) is 0 Å². The van der Waals surface area contributed by atoms with Gasteiger partial charge in [-0.15, -0.1) is 0 Å². The smallest absolute Gasteiger partial charge is 0.462 e. The molecule has 0 heterocycles. The van der Waals surface area contributed by atoms with Crippen molar-refractivity contribution in [2.24, 2.45) is 5.73 Å². The molecule has 0 fully saturated rings. The number of nitrogens with two attached hydrogens (primary N) is 1. The molecule has 0 amide bonds. The first-order valence-electron chi connectivity index (χ1n) is 20.0. The third-order valence-corrected chi connectivity index (χ3v) is 9.23. The van der Waals surface area contributed by atoms with Crippen LogP contribution in [-0.4, -0.2) is 49.3 Å². The molecule has 2 atom stereocenters. The predicted molar refractivity (Wildman–Crippen MR) is 206 cm³/mol. The maximum absolute atomic E-state index is 12.5. The van der Waals surface area contributed by atoms with Crippen LogP contribution in [0.15, 0.2) is 36.5 Å². The van der Waals surface area contributed by atoms with Crippen molar-refractivity contribution in [3.8, 4) is 0 Å². The number of rotatable bonds is 37. The summed E-state index contributed by atoms with van der Waals surface area (Å²) in [6.07, 6.45) is 38.8. The first-order valence-corrected chi connectivity index (χ1v) is 21.5. The van der Waals surface area contributed by atoms with Crippen LogP contribution in [-0.2, 0) is 32.7 Å². The third-order valence-electron chi connectivity index (χ3n) is 8.25. The van der Waals surface area contributed by atoms with Gasteiger partial charge in [0.05, 0.1) is 13.2 Å². The monoisotopic (exact) mass is 728 g/mol. The number of hydrogen-bond acceptors (Lipinski definition) is 8. The van der Waals surface area contributed by atoms with E-state index in [2.05, 4.69) is 50.3 Å². The van der Waals surface area contributed by atoms with Crippen molar-refractivity contribution in [2.75, 3.05) is 26.4 Å². The van der Waals surface area contributed by atoms with Crippen molar-refractivity contribution in [3.05, 3.63) is 36.5 Å². The minimum atomic E-state index is -4.38. The Morgan fingerprint density at radius 2 is 1.06 bits per heavy atom. The van der Waals surface area contributed by atoms with Crippen LogP contribution in [0.2, 0.25) is 0 Å². The molecule has 0 rings (SSSR count). The molecule has 0 aliphatic rings. The molecule has 292 valence electrons. The quantitative estimate of drug-likeness (QED) is 0.0277. The second-order valence-electron chi connectivity index (χ2n) is 13.1. The van der Waals surface area contributed by atoms with Gasteiger partial charge in [-0.3, -0.25) is 18.6 Å². The lowest BCUT2D eigenvalue weighted by Gasteiger charge is -2.19. The van der Waals surface area contributed by atoms with Gasteiger partial charge < -0.3 is 20.1 Å². The van der Waals surface area contributed by atoms with Crippen LogP contribution in [0.3, 0.4) is 0 Å². The highest BCUT2D eigenvalue weighted by atomic mass is 31.2. The van der Waals surface area contributed by atoms with Crippen LogP contribution in [0.4, 0.5) is 0 Å². The van der Waals surface area contributed by atoms with Gasteiger partial charge in [-0.25, -0.2) is 4.57 Å². The molecule has 0 radical (unpaired) electrons. The summed E-state index contributed by atoms with van der Waals surface area (Å²) in [7, 11) is -4.38. The summed E-state index contributed by atoms with van der Waals surface area (Å²) in [6.45, 7) is 3.65. The van der Waals surface area contributed by atoms with Gasteiger partial charge in [-0.1, -0.05) is 134 Å². The second kappa shape index (κ2) is 37.0. The third kappa shape index (κ3) is 36.0. The number of ether oxygens (including phenoxy) is 2. The highest BCUT2D eigenvalue weighted by molar-refractivity contribution is 7.47. The normalized spacial score (nSPS) is 13.8. The van der Waals surface area contributed by atoms with Gasteiger partial charge in [-0.2, -0.15) is 0 Å². The van der Waals surface area contributed by atoms with Crippen molar-refractivity contribution in [3.63, 3.8) is 0 Å². The summed E-state index contributed by atoms with van der Waals surface area (Å²) >= 11 is 0. The molecule has 10 heteroatoms. The summed E-state index contributed by atoms with van der Waals surface area (Å²) in [5, 5.41) is 0. The molecular formula is C40H74NO8P. The van der Waals surface area contributed by atoms with Gasteiger partial charge in [0.15, 0.2) is 6.10 Å². The number of carbonyl (C=O) groups is 2. The average Bonchev–Trinajstić information content (AvgIpc) is 3.10. The van der Waals surface area contributed by atoms with E-state index in [0.29, 0.717) is 12.8 Å². The Labute approximate surface area is 305 Å². The molecular weight excluding hydrogens is 653 g/mol. The van der Waals surface area contributed by atoms with Crippen molar-refractivity contribution in [2.45, 2.75) is 180 Å². The fourth-order valence-corrected chi connectivity index (χ4v) is 6.00. The highest BCUT2D eigenvalue weighted by Gasteiger charge is 2.25. The lowest BCUT2D eigenvalue weighted by molar-refractivity contribution is -0.161. The number of allylic oxidation sites excluding steroid dienone is 6. The van der Waals surface area contributed by atoms with E-state index in [-0.39, 0.29) is 32.6 Å². The van der Waals surface area contributed by atoms with Crippen LogP contribution in [0.25, 0.3) is 0 Å². The molecule has 9 nitrogen and oxygen atoms in total. The summed E-state index contributed by atoms with van der Waals surface area (Å²) in [6, 6.07) is 0. The minimum absolute atomic E-state index is 0.0496. The maximum atomic E-state index is 12.5. The van der Waals surface area contributed by atoms with E-state index < -0.39 is 32.5 Å². The number of carbonyl (C=O) groups excluding carboxylic acids is 2. The Morgan fingerprint density at radius 3 is 1.60 bits per heavy atom. The largest absolute Gasteiger partial charge is 0.472 e. The van der Waals surface area contributed by atoms with Gasteiger partial charge in [0.2, 0.25) is 0 Å². The van der Waals surface area contributed by atoms with Gasteiger partial charge in [0, 0.05) is 19.4 Å². The summed E-state index contributed by atoms with van der Waals surface area (Å²) < 4.78 is 32.7. The molecule has 0 spiro atoms. The van der Waals surface area contributed by atoms with E-state index >= 15 is 0 Å². The van der Waals surface area contributed by atoms with Gasteiger partial charge in [0.1, 0.15) is 6.61 Å². The Balaban J connectivity index is 4.24. The Hall–Kier alpha value is -1.77. The van der Waals surface area contributed by atoms with E-state index in [0.717, 1.165) is 77.0 Å². The highest BCUT2D eigenvalue weighted by Crippen LogP contribution is 2.43. The SMILES string of the molecule is CCCC/C=C\C/C=C\CCCCCCCC(=O)OC[C@H](COP(=O)(O)OCCN)OC(=O)CCCCCCC/C=C\CCCCCCCC. The standard InChI is InChI=1S/C40H74NO8P/c1-3-5-7-9-11-13-15-17-19-21-23-25-27-29-31-33-40(43)49-38(37-48-50(44,45)47-35-34-41)36-46-39(42)32-30-28-26-24-22-20-18-16-14-12-10-8-6-4-2/h10,12,16-19,38H,3-9,11,13-15,20-37,41H2,1-2H3,(H,44,45)/b12-10-,18-16-,19-17-/t38-/m1/s1. The Morgan fingerprint density at radius 1 is 0.600 bits per heavy atom. The molecule has 0 aromatic carbocycles. The fourth-order valence-electron chi connectivity index (χ4n) is 5.23. The van der Waals surface area contributed by atoms with Crippen molar-refractivity contribution in [1.82, 2.24) is 0 Å². The van der Waals surface area contributed by atoms with Gasteiger partial charge >= 0.3 is 19.8 Å². The fraction of sp³-hybridized carbons (Fsp3) is 0.800. The van der Waals surface area contributed by atoms with Crippen molar-refractivity contribution < 1.29 is 37.6 Å². The zero-order chi connectivity index (χ0) is 36.8. The Kier molecular flexibility index (Phi) is 35.7. The van der Waals surface area contributed by atoms with Crippen LogP contribution in [0.5, 0.6) is 0 Å².